The SMILES string of the molecule is Cc1ccc(C(Br)c2ccc3c(c2)CCO3)cc1Cl. The molecule has 0 fully saturated rings. The lowest BCUT2D eigenvalue weighted by Gasteiger charge is -2.13. The van der Waals surface area contributed by atoms with E-state index in [0.29, 0.717) is 0 Å². The predicted molar refractivity (Wildman–Crippen MR) is 82.6 cm³/mol. The molecule has 1 unspecified atom stereocenters. The first-order valence-electron chi connectivity index (χ1n) is 6.31. The first-order chi connectivity index (χ1) is 9.15. The third-order valence-corrected chi connectivity index (χ3v) is 4.96. The summed E-state index contributed by atoms with van der Waals surface area (Å²) in [6.07, 6.45) is 0.998. The molecule has 0 saturated heterocycles. The molecule has 1 atom stereocenters. The van der Waals surface area contributed by atoms with E-state index >= 15 is 0 Å². The number of fused-ring (bicyclic) bond motifs is 1. The van der Waals surface area contributed by atoms with Crippen molar-refractivity contribution in [1.29, 1.82) is 0 Å². The van der Waals surface area contributed by atoms with Crippen LogP contribution < -0.4 is 4.74 Å². The molecule has 2 aromatic rings. The summed E-state index contributed by atoms with van der Waals surface area (Å²) in [4.78, 5) is 0.163. The Morgan fingerprint density at radius 1 is 1.16 bits per heavy atom. The standard InChI is InChI=1S/C16H14BrClO/c1-10-2-3-13(9-14(10)18)16(17)12-4-5-15-11(8-12)6-7-19-15/h2-5,8-9,16H,6-7H2,1H3. The number of halogens is 2. The summed E-state index contributed by atoms with van der Waals surface area (Å²) >= 11 is 9.96. The minimum atomic E-state index is 0.163. The highest BCUT2D eigenvalue weighted by Crippen LogP contribution is 2.36. The number of aryl methyl sites for hydroxylation is 1. The smallest absolute Gasteiger partial charge is 0.122 e. The molecule has 0 aliphatic carbocycles. The van der Waals surface area contributed by atoms with Crippen molar-refractivity contribution >= 4 is 27.5 Å². The van der Waals surface area contributed by atoms with Gasteiger partial charge >= 0.3 is 0 Å². The summed E-state index contributed by atoms with van der Waals surface area (Å²) in [5.41, 5.74) is 4.81. The zero-order chi connectivity index (χ0) is 13.4. The van der Waals surface area contributed by atoms with Gasteiger partial charge in [0.2, 0.25) is 0 Å². The Morgan fingerprint density at radius 3 is 2.68 bits per heavy atom. The van der Waals surface area contributed by atoms with Crippen molar-refractivity contribution in [2.45, 2.75) is 18.2 Å². The Labute approximate surface area is 126 Å². The van der Waals surface area contributed by atoms with E-state index in [9.17, 15) is 0 Å². The average molecular weight is 338 g/mol. The van der Waals surface area contributed by atoms with E-state index in [0.717, 1.165) is 29.4 Å². The van der Waals surface area contributed by atoms with Crippen LogP contribution in [0.2, 0.25) is 5.02 Å². The van der Waals surface area contributed by atoms with Gasteiger partial charge in [-0.25, -0.2) is 0 Å². The first-order valence-corrected chi connectivity index (χ1v) is 7.60. The third-order valence-electron chi connectivity index (χ3n) is 3.49. The van der Waals surface area contributed by atoms with Gasteiger partial charge in [0, 0.05) is 11.4 Å². The molecular weight excluding hydrogens is 324 g/mol. The molecule has 1 aliphatic rings. The van der Waals surface area contributed by atoms with Gasteiger partial charge in [0.15, 0.2) is 0 Å². The summed E-state index contributed by atoms with van der Waals surface area (Å²) in [6.45, 7) is 2.81. The Hall–Kier alpha value is -0.990. The van der Waals surface area contributed by atoms with Crippen LogP contribution in [0, 0.1) is 6.92 Å². The van der Waals surface area contributed by atoms with Crippen LogP contribution in [0.5, 0.6) is 5.75 Å². The third kappa shape index (κ3) is 2.52. The maximum atomic E-state index is 6.20. The minimum Gasteiger partial charge on any atom is -0.493 e. The quantitative estimate of drug-likeness (QED) is 0.695. The summed E-state index contributed by atoms with van der Waals surface area (Å²) in [7, 11) is 0. The van der Waals surface area contributed by atoms with Gasteiger partial charge < -0.3 is 4.74 Å². The molecule has 1 nitrogen and oxygen atoms in total. The van der Waals surface area contributed by atoms with E-state index < -0.39 is 0 Å². The predicted octanol–water partition coefficient (Wildman–Crippen LogP) is 5.07. The molecule has 0 bridgehead atoms. The van der Waals surface area contributed by atoms with Crippen molar-refractivity contribution in [2.24, 2.45) is 0 Å². The monoisotopic (exact) mass is 336 g/mol. The van der Waals surface area contributed by atoms with Gasteiger partial charge in [-0.05, 0) is 41.3 Å². The molecule has 3 heteroatoms. The second-order valence-electron chi connectivity index (χ2n) is 4.84. The highest BCUT2D eigenvalue weighted by Gasteiger charge is 2.16. The van der Waals surface area contributed by atoms with Crippen molar-refractivity contribution in [1.82, 2.24) is 0 Å². The summed E-state index contributed by atoms with van der Waals surface area (Å²) in [5.74, 6) is 1.02. The Morgan fingerprint density at radius 2 is 1.89 bits per heavy atom. The zero-order valence-corrected chi connectivity index (χ0v) is 13.0. The molecule has 19 heavy (non-hydrogen) atoms. The van der Waals surface area contributed by atoms with Crippen LogP contribution in [0.1, 0.15) is 27.1 Å². The normalized spacial score (nSPS) is 14.9. The van der Waals surface area contributed by atoms with Gasteiger partial charge in [-0.3, -0.25) is 0 Å². The van der Waals surface area contributed by atoms with Crippen molar-refractivity contribution in [3.05, 3.63) is 63.7 Å². The van der Waals surface area contributed by atoms with Gasteiger partial charge in [-0.2, -0.15) is 0 Å². The van der Waals surface area contributed by atoms with Crippen molar-refractivity contribution in [3.8, 4) is 5.75 Å². The Kier molecular flexibility index (Phi) is 3.55. The number of hydrogen-bond donors (Lipinski definition) is 0. The van der Waals surface area contributed by atoms with Gasteiger partial charge in [0.1, 0.15) is 5.75 Å². The van der Waals surface area contributed by atoms with Gasteiger partial charge in [0.25, 0.3) is 0 Å². The Bertz CT molecular complexity index is 624. The summed E-state index contributed by atoms with van der Waals surface area (Å²) in [6, 6.07) is 12.6. The number of ether oxygens (including phenoxy) is 1. The molecule has 0 saturated carbocycles. The maximum absolute atomic E-state index is 6.20. The summed E-state index contributed by atoms with van der Waals surface area (Å²) < 4.78 is 5.54. The average Bonchev–Trinajstić information content (AvgIpc) is 2.88. The summed E-state index contributed by atoms with van der Waals surface area (Å²) in [5, 5.41) is 0.812. The number of alkyl halides is 1. The van der Waals surface area contributed by atoms with Crippen LogP contribution in [-0.2, 0) is 6.42 Å². The van der Waals surface area contributed by atoms with E-state index in [-0.39, 0.29) is 4.83 Å². The van der Waals surface area contributed by atoms with E-state index in [4.69, 9.17) is 16.3 Å². The lowest BCUT2D eigenvalue weighted by atomic mass is 10.0. The van der Waals surface area contributed by atoms with E-state index in [2.05, 4.69) is 46.3 Å². The molecule has 0 N–H and O–H groups in total. The molecule has 3 rings (SSSR count). The largest absolute Gasteiger partial charge is 0.493 e. The highest BCUT2D eigenvalue weighted by atomic mass is 79.9. The topological polar surface area (TPSA) is 9.23 Å². The Balaban J connectivity index is 1.94. The zero-order valence-electron chi connectivity index (χ0n) is 10.6. The van der Waals surface area contributed by atoms with Crippen LogP contribution in [-0.4, -0.2) is 6.61 Å². The lowest BCUT2D eigenvalue weighted by Crippen LogP contribution is -1.94. The van der Waals surface area contributed by atoms with Crippen LogP contribution >= 0.6 is 27.5 Å². The lowest BCUT2D eigenvalue weighted by molar-refractivity contribution is 0.357. The number of rotatable bonds is 2. The van der Waals surface area contributed by atoms with Crippen molar-refractivity contribution in [2.75, 3.05) is 6.61 Å². The molecule has 98 valence electrons. The van der Waals surface area contributed by atoms with Gasteiger partial charge in [-0.1, -0.05) is 51.8 Å². The second kappa shape index (κ2) is 5.18. The van der Waals surface area contributed by atoms with E-state index in [1.54, 1.807) is 0 Å². The van der Waals surface area contributed by atoms with Gasteiger partial charge in [-0.15, -0.1) is 0 Å². The van der Waals surface area contributed by atoms with Gasteiger partial charge in [0.05, 0.1) is 11.4 Å². The molecule has 1 aliphatic heterocycles. The van der Waals surface area contributed by atoms with Crippen LogP contribution in [0.15, 0.2) is 36.4 Å². The highest BCUT2D eigenvalue weighted by molar-refractivity contribution is 9.09. The number of hydrogen-bond acceptors (Lipinski definition) is 1. The fourth-order valence-corrected chi connectivity index (χ4v) is 3.08. The first kappa shape index (κ1) is 13.0. The molecular formula is C16H14BrClO. The van der Waals surface area contributed by atoms with Crippen molar-refractivity contribution in [3.63, 3.8) is 0 Å². The second-order valence-corrected chi connectivity index (χ2v) is 6.16. The molecule has 1 heterocycles. The van der Waals surface area contributed by atoms with Crippen LogP contribution in [0.4, 0.5) is 0 Å². The molecule has 0 spiro atoms. The number of benzene rings is 2. The molecule has 2 aromatic carbocycles. The van der Waals surface area contributed by atoms with E-state index in [1.807, 2.05) is 13.0 Å². The molecule has 0 radical (unpaired) electrons. The fourth-order valence-electron chi connectivity index (χ4n) is 2.32. The van der Waals surface area contributed by atoms with Crippen molar-refractivity contribution < 1.29 is 4.74 Å². The molecule has 0 aromatic heterocycles. The molecule has 0 amide bonds. The van der Waals surface area contributed by atoms with Crippen LogP contribution in [0.25, 0.3) is 0 Å². The maximum Gasteiger partial charge on any atom is 0.122 e. The van der Waals surface area contributed by atoms with Crippen LogP contribution in [0.3, 0.4) is 0 Å². The minimum absolute atomic E-state index is 0.163. The van der Waals surface area contributed by atoms with E-state index in [1.165, 1.54) is 16.7 Å². The fraction of sp³-hybridized carbons (Fsp3) is 0.250.